The summed E-state index contributed by atoms with van der Waals surface area (Å²) in [4.78, 5) is 34.3. The molecule has 124 valence electrons. The average Bonchev–Trinajstić information content (AvgIpc) is 3.19. The SMILES string of the molecule is O=C(NC1CCSC1=O)C1CN(c2cc(-n3cccn3)ncn2)C1. The highest BCUT2D eigenvalue weighted by Gasteiger charge is 2.36. The number of nitrogens with one attached hydrogen (secondary N) is 1. The zero-order valence-corrected chi connectivity index (χ0v) is 13.6. The van der Waals surface area contributed by atoms with Crippen LogP contribution in [0.5, 0.6) is 0 Å². The number of carbonyl (C=O) groups is 2. The maximum absolute atomic E-state index is 12.2. The first kappa shape index (κ1) is 15.1. The smallest absolute Gasteiger partial charge is 0.227 e. The van der Waals surface area contributed by atoms with E-state index in [-0.39, 0.29) is 23.0 Å². The van der Waals surface area contributed by atoms with E-state index in [2.05, 4.69) is 20.4 Å². The van der Waals surface area contributed by atoms with E-state index >= 15 is 0 Å². The molecule has 0 aliphatic carbocycles. The van der Waals surface area contributed by atoms with E-state index in [1.165, 1.54) is 18.1 Å². The third-order valence-corrected chi connectivity index (χ3v) is 5.21. The zero-order chi connectivity index (χ0) is 16.5. The van der Waals surface area contributed by atoms with Gasteiger partial charge in [-0.05, 0) is 12.5 Å². The number of amides is 1. The highest BCUT2D eigenvalue weighted by Crippen LogP contribution is 2.25. The molecule has 2 saturated heterocycles. The van der Waals surface area contributed by atoms with E-state index < -0.39 is 0 Å². The van der Waals surface area contributed by atoms with Crippen LogP contribution >= 0.6 is 11.8 Å². The molecule has 24 heavy (non-hydrogen) atoms. The molecule has 0 saturated carbocycles. The minimum absolute atomic E-state index is 0.0477. The second-order valence-corrected chi connectivity index (χ2v) is 6.90. The number of hydrogen-bond acceptors (Lipinski definition) is 7. The number of hydrogen-bond donors (Lipinski definition) is 1. The monoisotopic (exact) mass is 344 g/mol. The summed E-state index contributed by atoms with van der Waals surface area (Å²) >= 11 is 1.29. The minimum Gasteiger partial charge on any atom is -0.355 e. The second-order valence-electron chi connectivity index (χ2n) is 5.80. The third-order valence-electron chi connectivity index (χ3n) is 4.21. The van der Waals surface area contributed by atoms with Gasteiger partial charge in [0.15, 0.2) is 5.82 Å². The van der Waals surface area contributed by atoms with Crippen LogP contribution in [0.1, 0.15) is 6.42 Å². The fourth-order valence-electron chi connectivity index (χ4n) is 2.79. The molecular formula is C15H16N6O2S. The second kappa shape index (κ2) is 6.23. The lowest BCUT2D eigenvalue weighted by Crippen LogP contribution is -2.55. The number of nitrogens with zero attached hydrogens (tertiary/aromatic N) is 5. The Morgan fingerprint density at radius 2 is 2.12 bits per heavy atom. The normalized spacial score (nSPS) is 20.9. The van der Waals surface area contributed by atoms with Gasteiger partial charge in [0, 0.05) is 37.3 Å². The minimum atomic E-state index is -0.318. The van der Waals surface area contributed by atoms with Crippen LogP contribution in [0.15, 0.2) is 30.9 Å². The molecule has 4 heterocycles. The summed E-state index contributed by atoms with van der Waals surface area (Å²) in [6, 6.07) is 3.36. The molecule has 8 nitrogen and oxygen atoms in total. The highest BCUT2D eigenvalue weighted by molar-refractivity contribution is 8.14. The fourth-order valence-corrected chi connectivity index (χ4v) is 3.72. The molecule has 0 aromatic carbocycles. The molecule has 1 N–H and O–H groups in total. The number of thioether (sulfide) groups is 1. The predicted molar refractivity (Wildman–Crippen MR) is 88.9 cm³/mol. The van der Waals surface area contributed by atoms with Gasteiger partial charge in [-0.15, -0.1) is 0 Å². The van der Waals surface area contributed by atoms with E-state index in [4.69, 9.17) is 0 Å². The van der Waals surface area contributed by atoms with Crippen molar-refractivity contribution in [1.29, 1.82) is 0 Å². The van der Waals surface area contributed by atoms with Crippen molar-refractivity contribution < 1.29 is 9.59 Å². The molecule has 9 heteroatoms. The Morgan fingerprint density at radius 1 is 1.29 bits per heavy atom. The summed E-state index contributed by atoms with van der Waals surface area (Å²) in [7, 11) is 0. The molecule has 0 spiro atoms. The molecule has 1 unspecified atom stereocenters. The van der Waals surface area contributed by atoms with E-state index in [9.17, 15) is 9.59 Å². The van der Waals surface area contributed by atoms with Gasteiger partial charge in [-0.3, -0.25) is 9.59 Å². The summed E-state index contributed by atoms with van der Waals surface area (Å²) in [5.74, 6) is 2.09. The first-order valence-corrected chi connectivity index (χ1v) is 8.73. The standard InChI is InChI=1S/C15H16N6O2S/c22-14(19-11-2-5-24-15(11)23)10-7-20(8-10)12-6-13(17-9-16-12)21-4-1-3-18-21/h1,3-4,6,9-11H,2,5,7-8H2,(H,19,22). The van der Waals surface area contributed by atoms with Crippen molar-refractivity contribution in [2.45, 2.75) is 12.5 Å². The van der Waals surface area contributed by atoms with Crippen molar-refractivity contribution in [1.82, 2.24) is 25.1 Å². The fraction of sp³-hybridized carbons (Fsp3) is 0.400. The zero-order valence-electron chi connectivity index (χ0n) is 12.8. The van der Waals surface area contributed by atoms with Crippen LogP contribution in [-0.4, -0.2) is 55.7 Å². The van der Waals surface area contributed by atoms with Crippen molar-refractivity contribution in [3.63, 3.8) is 0 Å². The molecule has 2 aromatic rings. The Bertz CT molecular complexity index is 759. The van der Waals surface area contributed by atoms with E-state index in [1.54, 1.807) is 10.9 Å². The first-order chi connectivity index (χ1) is 11.7. The van der Waals surface area contributed by atoms with Crippen molar-refractivity contribution >= 4 is 28.6 Å². The van der Waals surface area contributed by atoms with Crippen LogP contribution in [0.2, 0.25) is 0 Å². The molecule has 4 rings (SSSR count). The number of aromatic nitrogens is 4. The summed E-state index contributed by atoms with van der Waals surface area (Å²) in [6.45, 7) is 1.19. The number of anilines is 1. The maximum Gasteiger partial charge on any atom is 0.227 e. The molecule has 0 radical (unpaired) electrons. The van der Waals surface area contributed by atoms with Gasteiger partial charge in [0.2, 0.25) is 11.0 Å². The highest BCUT2D eigenvalue weighted by atomic mass is 32.2. The number of rotatable bonds is 4. The van der Waals surface area contributed by atoms with E-state index in [0.717, 1.165) is 18.0 Å². The van der Waals surface area contributed by atoms with Crippen molar-refractivity contribution in [2.24, 2.45) is 5.92 Å². The van der Waals surface area contributed by atoms with Gasteiger partial charge < -0.3 is 10.2 Å². The Labute approximate surface area is 142 Å². The maximum atomic E-state index is 12.2. The topological polar surface area (TPSA) is 93.0 Å². The molecule has 2 fully saturated rings. The van der Waals surface area contributed by atoms with Gasteiger partial charge in [-0.1, -0.05) is 11.8 Å². The van der Waals surface area contributed by atoms with Gasteiger partial charge in [-0.25, -0.2) is 14.6 Å². The molecule has 2 aliphatic heterocycles. The van der Waals surface area contributed by atoms with E-state index in [0.29, 0.717) is 18.9 Å². The summed E-state index contributed by atoms with van der Waals surface area (Å²) < 4.78 is 1.67. The quantitative estimate of drug-likeness (QED) is 0.849. The van der Waals surface area contributed by atoms with Crippen LogP contribution in [0.4, 0.5) is 5.82 Å². The molecule has 0 bridgehead atoms. The lowest BCUT2D eigenvalue weighted by atomic mass is 9.98. The Hall–Kier alpha value is -2.42. The summed E-state index contributed by atoms with van der Waals surface area (Å²) in [5.41, 5.74) is 0. The van der Waals surface area contributed by atoms with Gasteiger partial charge in [0.25, 0.3) is 0 Å². The van der Waals surface area contributed by atoms with Crippen LogP contribution in [0, 0.1) is 5.92 Å². The van der Waals surface area contributed by atoms with E-state index in [1.807, 2.05) is 23.2 Å². The van der Waals surface area contributed by atoms with Gasteiger partial charge in [-0.2, -0.15) is 5.10 Å². The molecule has 1 atom stereocenters. The Morgan fingerprint density at radius 3 is 2.83 bits per heavy atom. The first-order valence-electron chi connectivity index (χ1n) is 7.75. The van der Waals surface area contributed by atoms with Gasteiger partial charge >= 0.3 is 0 Å². The Balaban J connectivity index is 1.36. The Kier molecular flexibility index (Phi) is 3.93. The van der Waals surface area contributed by atoms with Crippen LogP contribution in [0.25, 0.3) is 5.82 Å². The van der Waals surface area contributed by atoms with Crippen LogP contribution in [0.3, 0.4) is 0 Å². The molecule has 2 aliphatic rings. The van der Waals surface area contributed by atoms with Crippen LogP contribution in [-0.2, 0) is 9.59 Å². The average molecular weight is 344 g/mol. The summed E-state index contributed by atoms with van der Waals surface area (Å²) in [6.07, 6.45) is 5.72. The lowest BCUT2D eigenvalue weighted by molar-refractivity contribution is -0.128. The molecular weight excluding hydrogens is 328 g/mol. The molecule has 2 aromatic heterocycles. The van der Waals surface area contributed by atoms with Crippen LogP contribution < -0.4 is 10.2 Å². The summed E-state index contributed by atoms with van der Waals surface area (Å²) in [5, 5.41) is 7.07. The molecule has 1 amide bonds. The van der Waals surface area contributed by atoms with Crippen molar-refractivity contribution in [3.8, 4) is 5.82 Å². The lowest BCUT2D eigenvalue weighted by Gasteiger charge is -2.39. The van der Waals surface area contributed by atoms with Crippen molar-refractivity contribution in [2.75, 3.05) is 23.7 Å². The van der Waals surface area contributed by atoms with Gasteiger partial charge in [0.05, 0.1) is 12.0 Å². The third kappa shape index (κ3) is 2.86. The number of carbonyl (C=O) groups excluding carboxylic acids is 2. The predicted octanol–water partition coefficient (Wildman–Crippen LogP) is 0.247. The van der Waals surface area contributed by atoms with Gasteiger partial charge in [0.1, 0.15) is 12.1 Å². The van der Waals surface area contributed by atoms with Crippen molar-refractivity contribution in [3.05, 3.63) is 30.9 Å². The largest absolute Gasteiger partial charge is 0.355 e.